The maximum absolute atomic E-state index is 5.96. The summed E-state index contributed by atoms with van der Waals surface area (Å²) in [4.78, 5) is 2.16. The van der Waals surface area contributed by atoms with Crippen LogP contribution in [0.3, 0.4) is 0 Å². The van der Waals surface area contributed by atoms with Crippen molar-refractivity contribution in [3.05, 3.63) is 76.9 Å². The average molecular weight is 388 g/mol. The molecule has 0 aliphatic rings. The minimum absolute atomic E-state index is 0.428. The lowest BCUT2D eigenvalue weighted by Crippen LogP contribution is -2.18. The molecule has 0 fully saturated rings. The minimum atomic E-state index is 0.428. The lowest BCUT2D eigenvalue weighted by molar-refractivity contribution is 0.282. The number of aromatic nitrogens is 3. The Morgan fingerprint density at radius 1 is 0.931 bits per heavy atom. The molecule has 148 valence electrons. The van der Waals surface area contributed by atoms with Gasteiger partial charge in [0.05, 0.1) is 6.54 Å². The molecular formula is C23H24N4O2. The maximum atomic E-state index is 5.96. The Morgan fingerprint density at radius 3 is 2.48 bits per heavy atom. The molecule has 2 aromatic carbocycles. The van der Waals surface area contributed by atoms with Gasteiger partial charge in [-0.25, -0.2) is 0 Å². The first-order valence-electron chi connectivity index (χ1n) is 9.60. The van der Waals surface area contributed by atoms with E-state index in [1.165, 1.54) is 16.7 Å². The van der Waals surface area contributed by atoms with Gasteiger partial charge in [0.15, 0.2) is 0 Å². The van der Waals surface area contributed by atoms with Gasteiger partial charge in [-0.15, -0.1) is 10.2 Å². The van der Waals surface area contributed by atoms with E-state index < -0.39 is 0 Å². The lowest BCUT2D eigenvalue weighted by atomic mass is 10.1. The standard InChI is InChI=1S/C23H24N4O2/c1-15-10-11-19(16(2)12-15)13-27(4)14-20-24-25-23(28-20)21-17(3)29-26-22(21)18-8-6-5-7-9-18/h5-12H,13-14H2,1-4H3. The first-order valence-corrected chi connectivity index (χ1v) is 9.60. The SMILES string of the molecule is Cc1ccc(CN(C)Cc2nnc(-c3c(-c4ccccc4)noc3C)o2)c(C)c1. The molecule has 0 aliphatic carbocycles. The Hall–Kier alpha value is -3.25. The number of rotatable bonds is 6. The number of nitrogens with zero attached hydrogens (tertiary/aromatic N) is 4. The molecule has 6 heteroatoms. The van der Waals surface area contributed by atoms with Gasteiger partial charge in [0.25, 0.3) is 5.89 Å². The fraction of sp³-hybridized carbons (Fsp3) is 0.261. The van der Waals surface area contributed by atoms with Crippen LogP contribution in [-0.2, 0) is 13.1 Å². The summed E-state index contributed by atoms with van der Waals surface area (Å²) >= 11 is 0. The predicted octanol–water partition coefficient (Wildman–Crippen LogP) is 4.95. The van der Waals surface area contributed by atoms with Crippen LogP contribution in [0.2, 0.25) is 0 Å². The molecule has 0 bridgehead atoms. The monoisotopic (exact) mass is 388 g/mol. The first-order chi connectivity index (χ1) is 14.0. The molecule has 2 heterocycles. The number of hydrogen-bond acceptors (Lipinski definition) is 6. The molecule has 0 amide bonds. The van der Waals surface area contributed by atoms with Gasteiger partial charge in [-0.1, -0.05) is 59.3 Å². The zero-order chi connectivity index (χ0) is 20.4. The van der Waals surface area contributed by atoms with Gasteiger partial charge in [-0.05, 0) is 38.9 Å². The Labute approximate surface area is 170 Å². The molecular weight excluding hydrogens is 364 g/mol. The van der Waals surface area contributed by atoms with Gasteiger partial charge < -0.3 is 8.94 Å². The van der Waals surface area contributed by atoms with Gasteiger partial charge in [-0.3, -0.25) is 4.90 Å². The normalized spacial score (nSPS) is 11.3. The zero-order valence-electron chi connectivity index (χ0n) is 17.1. The Morgan fingerprint density at radius 2 is 1.72 bits per heavy atom. The number of aryl methyl sites for hydroxylation is 3. The van der Waals surface area contributed by atoms with Crippen molar-refractivity contribution in [3.8, 4) is 22.7 Å². The predicted molar refractivity (Wildman–Crippen MR) is 111 cm³/mol. The highest BCUT2D eigenvalue weighted by atomic mass is 16.5. The Bertz CT molecular complexity index is 1120. The third-order valence-electron chi connectivity index (χ3n) is 4.93. The third-order valence-corrected chi connectivity index (χ3v) is 4.93. The smallest absolute Gasteiger partial charge is 0.253 e. The van der Waals surface area contributed by atoms with Crippen LogP contribution in [0.15, 0.2) is 57.5 Å². The lowest BCUT2D eigenvalue weighted by Gasteiger charge is -2.16. The van der Waals surface area contributed by atoms with E-state index >= 15 is 0 Å². The second kappa shape index (κ2) is 8.01. The van der Waals surface area contributed by atoms with Crippen LogP contribution in [0.1, 0.15) is 28.3 Å². The molecule has 0 saturated carbocycles. The van der Waals surface area contributed by atoms with Crippen LogP contribution in [0.25, 0.3) is 22.7 Å². The van der Waals surface area contributed by atoms with Gasteiger partial charge in [0.1, 0.15) is 17.0 Å². The fourth-order valence-corrected chi connectivity index (χ4v) is 3.44. The molecule has 0 atom stereocenters. The molecule has 0 spiro atoms. The second-order valence-corrected chi connectivity index (χ2v) is 7.43. The van der Waals surface area contributed by atoms with E-state index in [-0.39, 0.29) is 0 Å². The van der Waals surface area contributed by atoms with E-state index in [1.54, 1.807) is 0 Å². The van der Waals surface area contributed by atoms with Crippen LogP contribution in [0.5, 0.6) is 0 Å². The van der Waals surface area contributed by atoms with Crippen molar-refractivity contribution in [1.29, 1.82) is 0 Å². The largest absolute Gasteiger partial charge is 0.419 e. The van der Waals surface area contributed by atoms with Gasteiger partial charge >= 0.3 is 0 Å². The summed E-state index contributed by atoms with van der Waals surface area (Å²) in [6, 6.07) is 16.4. The highest BCUT2D eigenvalue weighted by molar-refractivity contribution is 5.77. The van der Waals surface area contributed by atoms with Gasteiger partial charge in [0, 0.05) is 12.1 Å². The van der Waals surface area contributed by atoms with E-state index in [1.807, 2.05) is 44.3 Å². The molecule has 0 N–H and O–H groups in total. The van der Waals surface area contributed by atoms with Crippen molar-refractivity contribution in [1.82, 2.24) is 20.3 Å². The van der Waals surface area contributed by atoms with Crippen LogP contribution < -0.4 is 0 Å². The average Bonchev–Trinajstić information content (AvgIpc) is 3.31. The molecule has 2 aromatic heterocycles. The van der Waals surface area contributed by atoms with E-state index in [4.69, 9.17) is 8.94 Å². The van der Waals surface area contributed by atoms with Crippen LogP contribution in [0.4, 0.5) is 0 Å². The molecule has 4 aromatic rings. The Balaban J connectivity index is 1.53. The summed E-state index contributed by atoms with van der Waals surface area (Å²) in [6.07, 6.45) is 0. The summed E-state index contributed by atoms with van der Waals surface area (Å²) in [7, 11) is 2.04. The van der Waals surface area contributed by atoms with Crippen molar-refractivity contribution in [2.24, 2.45) is 0 Å². The molecule has 0 aliphatic heterocycles. The molecule has 0 unspecified atom stereocenters. The van der Waals surface area contributed by atoms with Gasteiger partial charge in [-0.2, -0.15) is 0 Å². The van der Waals surface area contributed by atoms with Crippen molar-refractivity contribution in [2.45, 2.75) is 33.9 Å². The molecule has 29 heavy (non-hydrogen) atoms. The van der Waals surface area contributed by atoms with Crippen LogP contribution in [0, 0.1) is 20.8 Å². The fourth-order valence-electron chi connectivity index (χ4n) is 3.44. The quantitative estimate of drug-likeness (QED) is 0.466. The zero-order valence-corrected chi connectivity index (χ0v) is 17.1. The van der Waals surface area contributed by atoms with E-state index in [0.29, 0.717) is 29.8 Å². The van der Waals surface area contributed by atoms with Crippen molar-refractivity contribution in [2.75, 3.05) is 7.05 Å². The summed E-state index contributed by atoms with van der Waals surface area (Å²) in [5.74, 6) is 1.65. The first kappa shape index (κ1) is 19.1. The molecule has 6 nitrogen and oxygen atoms in total. The summed E-state index contributed by atoms with van der Waals surface area (Å²) in [5.41, 5.74) is 6.25. The highest BCUT2D eigenvalue weighted by Crippen LogP contribution is 2.33. The topological polar surface area (TPSA) is 68.2 Å². The van der Waals surface area contributed by atoms with Crippen LogP contribution >= 0.6 is 0 Å². The maximum Gasteiger partial charge on any atom is 0.253 e. The summed E-state index contributed by atoms with van der Waals surface area (Å²) in [5, 5.41) is 12.7. The molecule has 4 rings (SSSR count). The summed E-state index contributed by atoms with van der Waals surface area (Å²) in [6.45, 7) is 7.47. The van der Waals surface area contributed by atoms with Crippen LogP contribution in [-0.4, -0.2) is 27.3 Å². The molecule has 0 radical (unpaired) electrons. The number of hydrogen-bond donors (Lipinski definition) is 0. The van der Waals surface area contributed by atoms with E-state index in [9.17, 15) is 0 Å². The van der Waals surface area contributed by atoms with E-state index in [2.05, 4.69) is 52.3 Å². The van der Waals surface area contributed by atoms with E-state index in [0.717, 1.165) is 17.7 Å². The second-order valence-electron chi connectivity index (χ2n) is 7.43. The van der Waals surface area contributed by atoms with Crippen molar-refractivity contribution >= 4 is 0 Å². The van der Waals surface area contributed by atoms with Crippen molar-refractivity contribution < 1.29 is 8.94 Å². The highest BCUT2D eigenvalue weighted by Gasteiger charge is 2.22. The summed E-state index contributed by atoms with van der Waals surface area (Å²) < 4.78 is 11.4. The van der Waals surface area contributed by atoms with Gasteiger partial charge in [0.2, 0.25) is 5.89 Å². The number of benzene rings is 2. The van der Waals surface area contributed by atoms with Crippen molar-refractivity contribution in [3.63, 3.8) is 0 Å². The third kappa shape index (κ3) is 4.12. The Kier molecular flexibility index (Phi) is 5.27. The molecule has 0 saturated heterocycles. The minimum Gasteiger partial charge on any atom is -0.419 e.